The zero-order chi connectivity index (χ0) is 5.70. The molecule has 42 valence electrons. The van der Waals surface area contributed by atoms with Gasteiger partial charge in [0.25, 0.3) is 0 Å². The molecule has 0 heterocycles. The van der Waals surface area contributed by atoms with E-state index >= 15 is 0 Å². The Kier molecular flexibility index (Phi) is 3.69. The van der Waals surface area contributed by atoms with Gasteiger partial charge in [-0.25, -0.2) is 0 Å². The Hall–Kier alpha value is -0.310. The van der Waals surface area contributed by atoms with Crippen LogP contribution in [0.1, 0.15) is 13.3 Å². The van der Waals surface area contributed by atoms with E-state index in [-0.39, 0.29) is 5.24 Å². The second-order valence-corrected chi connectivity index (χ2v) is 1.59. The van der Waals surface area contributed by atoms with Crippen LogP contribution in [-0.2, 0) is 12.6 Å². The van der Waals surface area contributed by atoms with Crippen LogP contribution in [0.25, 0.3) is 0 Å². The standard InChI is InChI=1S/C4H9NOS/c1-2-3-5-4(6)7/h2-3H2,1H3,(H2,5,6,7)/p-1. The van der Waals surface area contributed by atoms with Gasteiger partial charge >= 0.3 is 0 Å². The van der Waals surface area contributed by atoms with Gasteiger partial charge in [-0.15, -0.1) is 0 Å². The summed E-state index contributed by atoms with van der Waals surface area (Å²) in [6.45, 7) is 2.67. The molecule has 3 heteroatoms. The first kappa shape index (κ1) is 6.69. The van der Waals surface area contributed by atoms with Gasteiger partial charge in [-0.3, -0.25) is 0 Å². The molecule has 2 nitrogen and oxygen atoms in total. The van der Waals surface area contributed by atoms with Crippen molar-refractivity contribution in [3.63, 3.8) is 0 Å². The zero-order valence-electron chi connectivity index (χ0n) is 4.23. The summed E-state index contributed by atoms with van der Waals surface area (Å²) in [5.74, 6) is 0. The molecule has 0 atom stereocenters. The second-order valence-electron chi connectivity index (χ2n) is 1.21. The lowest BCUT2D eigenvalue weighted by Gasteiger charge is -2.03. The lowest BCUT2D eigenvalue weighted by atomic mass is 10.5. The Morgan fingerprint density at radius 2 is 2.43 bits per heavy atom. The highest BCUT2D eigenvalue weighted by Gasteiger charge is 1.74. The molecule has 0 spiro atoms. The van der Waals surface area contributed by atoms with Gasteiger partial charge in [0, 0.05) is 6.54 Å². The third-order valence-electron chi connectivity index (χ3n) is 0.519. The van der Waals surface area contributed by atoms with E-state index in [4.69, 9.17) is 0 Å². The van der Waals surface area contributed by atoms with Crippen LogP contribution in [0, 0.1) is 0 Å². The molecule has 7 heavy (non-hydrogen) atoms. The minimum Gasteiger partial charge on any atom is -0.719 e. The molecule has 0 rings (SSSR count). The van der Waals surface area contributed by atoms with E-state index < -0.39 is 0 Å². The van der Waals surface area contributed by atoms with Crippen molar-refractivity contribution in [2.75, 3.05) is 6.54 Å². The number of carbonyl (C=O) groups excluding carboxylic acids is 1. The summed E-state index contributed by atoms with van der Waals surface area (Å²) in [6.07, 6.45) is 0.947. The van der Waals surface area contributed by atoms with E-state index in [2.05, 4.69) is 17.9 Å². The van der Waals surface area contributed by atoms with Crippen molar-refractivity contribution in [3.05, 3.63) is 0 Å². The van der Waals surface area contributed by atoms with Gasteiger partial charge < -0.3 is 22.7 Å². The average Bonchev–Trinajstić information content (AvgIpc) is 1.61. The minimum atomic E-state index is -0.359. The van der Waals surface area contributed by atoms with Crippen LogP contribution in [0.4, 0.5) is 4.79 Å². The quantitative estimate of drug-likeness (QED) is 0.539. The van der Waals surface area contributed by atoms with Gasteiger partial charge in [-0.1, -0.05) is 6.92 Å². The van der Waals surface area contributed by atoms with Crippen LogP contribution >= 0.6 is 0 Å². The first-order chi connectivity index (χ1) is 3.27. The molecule has 0 aromatic rings. The molecule has 0 saturated carbocycles. The summed E-state index contributed by atoms with van der Waals surface area (Å²) in [5, 5.41) is 2.11. The number of carbonyl (C=O) groups is 1. The first-order valence-electron chi connectivity index (χ1n) is 2.22. The molecule has 0 bridgehead atoms. The van der Waals surface area contributed by atoms with Gasteiger partial charge in [0.2, 0.25) is 0 Å². The Morgan fingerprint density at radius 3 is 2.57 bits per heavy atom. The van der Waals surface area contributed by atoms with Crippen molar-refractivity contribution in [1.29, 1.82) is 0 Å². The summed E-state index contributed by atoms with van der Waals surface area (Å²) in [6, 6.07) is 0. The number of hydrogen-bond donors (Lipinski definition) is 1. The van der Waals surface area contributed by atoms with Crippen LogP contribution in [0.5, 0.6) is 0 Å². The largest absolute Gasteiger partial charge is 0.719 e. The maximum atomic E-state index is 9.91. The smallest absolute Gasteiger partial charge is 0.0980 e. The monoisotopic (exact) mass is 118 g/mol. The second kappa shape index (κ2) is 3.87. The summed E-state index contributed by atoms with van der Waals surface area (Å²) in [4.78, 5) is 9.91. The third kappa shape index (κ3) is 5.69. The van der Waals surface area contributed by atoms with Crippen molar-refractivity contribution < 1.29 is 4.79 Å². The molecule has 0 aliphatic rings. The summed E-state index contributed by atoms with van der Waals surface area (Å²) in [7, 11) is 0. The van der Waals surface area contributed by atoms with Crippen molar-refractivity contribution in [3.8, 4) is 0 Å². The Bertz CT molecular complexity index is 64.7. The Labute approximate surface area is 48.7 Å². The molecule has 0 aromatic carbocycles. The van der Waals surface area contributed by atoms with Crippen LogP contribution in [0.3, 0.4) is 0 Å². The highest BCUT2D eigenvalue weighted by Crippen LogP contribution is 1.68. The number of hydrogen-bond acceptors (Lipinski definition) is 2. The van der Waals surface area contributed by atoms with E-state index in [9.17, 15) is 4.79 Å². The molecular formula is C4H8NOS-. The van der Waals surface area contributed by atoms with Crippen molar-refractivity contribution in [2.45, 2.75) is 13.3 Å². The fourth-order valence-electron chi connectivity index (χ4n) is 0.227. The van der Waals surface area contributed by atoms with Crippen LogP contribution < -0.4 is 5.32 Å². The van der Waals surface area contributed by atoms with Gasteiger partial charge in [0.1, 0.15) is 0 Å². The van der Waals surface area contributed by atoms with E-state index in [1.165, 1.54) is 0 Å². The zero-order valence-corrected chi connectivity index (χ0v) is 5.05. The third-order valence-corrected chi connectivity index (χ3v) is 0.664. The molecule has 1 N–H and O–H groups in total. The Balaban J connectivity index is 2.82. The summed E-state index contributed by atoms with van der Waals surface area (Å²) >= 11 is 4.19. The predicted octanol–water partition coefficient (Wildman–Crippen LogP) is 0.653. The van der Waals surface area contributed by atoms with Crippen molar-refractivity contribution in [1.82, 2.24) is 5.32 Å². The van der Waals surface area contributed by atoms with Gasteiger partial charge in [-0.05, 0) is 6.42 Å². The highest BCUT2D eigenvalue weighted by atomic mass is 32.1. The predicted molar refractivity (Wildman–Crippen MR) is 31.1 cm³/mol. The van der Waals surface area contributed by atoms with Gasteiger partial charge in [0.15, 0.2) is 0 Å². The molecule has 1 amide bonds. The van der Waals surface area contributed by atoms with Gasteiger partial charge in [0.05, 0.1) is 5.24 Å². The van der Waals surface area contributed by atoms with Crippen molar-refractivity contribution in [2.24, 2.45) is 0 Å². The highest BCUT2D eigenvalue weighted by molar-refractivity contribution is 7.76. The average molecular weight is 118 g/mol. The molecule has 0 aliphatic carbocycles. The summed E-state index contributed by atoms with van der Waals surface area (Å²) < 4.78 is 0. The van der Waals surface area contributed by atoms with Crippen LogP contribution in [-0.4, -0.2) is 11.8 Å². The molecule has 0 aromatic heterocycles. The van der Waals surface area contributed by atoms with Crippen LogP contribution in [0.15, 0.2) is 0 Å². The SMILES string of the molecule is CCCNC(=O)[S-]. The fourth-order valence-corrected chi connectivity index (χ4v) is 0.329. The normalized spacial score (nSPS) is 8.14. The molecule has 0 fully saturated rings. The topological polar surface area (TPSA) is 29.1 Å². The number of nitrogens with one attached hydrogen (secondary N) is 1. The molecule has 0 aliphatic heterocycles. The lowest BCUT2D eigenvalue weighted by Crippen LogP contribution is -2.19. The molecule has 0 saturated heterocycles. The maximum Gasteiger partial charge on any atom is 0.0980 e. The molecule has 0 unspecified atom stereocenters. The van der Waals surface area contributed by atoms with E-state index in [1.807, 2.05) is 6.92 Å². The molecule has 0 radical (unpaired) electrons. The lowest BCUT2D eigenvalue weighted by molar-refractivity contribution is 0.261. The van der Waals surface area contributed by atoms with Crippen LogP contribution in [0.2, 0.25) is 0 Å². The van der Waals surface area contributed by atoms with E-state index in [0.717, 1.165) is 6.42 Å². The maximum absolute atomic E-state index is 9.91. The number of amides is 1. The molecular weight excluding hydrogens is 110 g/mol. The van der Waals surface area contributed by atoms with Crippen molar-refractivity contribution >= 4 is 17.9 Å². The van der Waals surface area contributed by atoms with Gasteiger partial charge in [-0.2, -0.15) is 0 Å². The Morgan fingerprint density at radius 1 is 1.86 bits per heavy atom. The minimum absolute atomic E-state index is 0.359. The first-order valence-corrected chi connectivity index (χ1v) is 2.63. The van der Waals surface area contributed by atoms with E-state index in [1.54, 1.807) is 0 Å². The van der Waals surface area contributed by atoms with E-state index in [0.29, 0.717) is 6.54 Å². The summed E-state index contributed by atoms with van der Waals surface area (Å²) in [5.41, 5.74) is 0. The number of rotatable bonds is 2. The fraction of sp³-hybridized carbons (Fsp3) is 0.750.